The van der Waals surface area contributed by atoms with Crippen LogP contribution in [0.1, 0.15) is 6.42 Å². The van der Waals surface area contributed by atoms with E-state index in [0.717, 1.165) is 24.1 Å². The zero-order chi connectivity index (χ0) is 20.8. The number of likely N-dealkylation sites (N-methyl/N-ethyl adjacent to an activating group) is 1. The van der Waals surface area contributed by atoms with Crippen LogP contribution in [0.15, 0.2) is 47.5 Å². The number of pyridine rings is 2. The molecule has 1 amide bonds. The molecule has 8 heteroatoms. The fourth-order valence-corrected chi connectivity index (χ4v) is 3.23. The fourth-order valence-electron chi connectivity index (χ4n) is 3.23. The van der Waals surface area contributed by atoms with Crippen molar-refractivity contribution in [2.24, 2.45) is 0 Å². The van der Waals surface area contributed by atoms with Crippen molar-refractivity contribution in [3.63, 3.8) is 0 Å². The Bertz CT molecular complexity index is 938. The molecule has 1 aliphatic rings. The van der Waals surface area contributed by atoms with E-state index < -0.39 is 0 Å². The Morgan fingerprint density at radius 2 is 2.24 bits per heavy atom. The van der Waals surface area contributed by atoms with Gasteiger partial charge in [-0.15, -0.1) is 0 Å². The summed E-state index contributed by atoms with van der Waals surface area (Å²) in [5.74, 6) is 0.512. The molecule has 0 spiro atoms. The van der Waals surface area contributed by atoms with E-state index in [9.17, 15) is 9.59 Å². The second kappa shape index (κ2) is 9.38. The van der Waals surface area contributed by atoms with Crippen molar-refractivity contribution in [1.82, 2.24) is 19.8 Å². The van der Waals surface area contributed by atoms with Gasteiger partial charge in [-0.05, 0) is 38.2 Å². The maximum atomic E-state index is 12.3. The van der Waals surface area contributed by atoms with Gasteiger partial charge in [0, 0.05) is 55.8 Å². The number of rotatable bonds is 7. The number of carbonyl (C=O) groups excluding carboxylic acids is 1. The highest BCUT2D eigenvalue weighted by atomic mass is 16.5. The lowest BCUT2D eigenvalue weighted by Crippen LogP contribution is -2.31. The lowest BCUT2D eigenvalue weighted by atomic mass is 10.1. The average molecular weight is 397 g/mol. The van der Waals surface area contributed by atoms with E-state index in [1.165, 1.54) is 0 Å². The van der Waals surface area contributed by atoms with Crippen LogP contribution in [-0.4, -0.2) is 72.6 Å². The normalized spacial score (nSPS) is 16.6. The number of likely N-dealkylation sites (tertiary alicyclic amines) is 1. The van der Waals surface area contributed by atoms with Gasteiger partial charge < -0.3 is 24.8 Å². The van der Waals surface area contributed by atoms with Crippen molar-refractivity contribution in [3.8, 4) is 17.0 Å². The Morgan fingerprint density at radius 3 is 3.00 bits per heavy atom. The summed E-state index contributed by atoms with van der Waals surface area (Å²) >= 11 is 0. The van der Waals surface area contributed by atoms with Gasteiger partial charge in [-0.3, -0.25) is 9.59 Å². The predicted octanol–water partition coefficient (Wildman–Crippen LogP) is 1.58. The molecule has 0 bridgehead atoms. The standard InChI is InChI=1S/C21H27N5O3/c1-25(2)9-4-5-20(27)26-10-7-17(14-26)24-18-11-16(13-23-21(18)28)15-6-8-22-19(12-15)29-3/h4-6,8,11-13,17,24H,7,9-10,14H2,1-3H3,(H,23,28)/b5-4+/t17-/m0/s1. The van der Waals surface area contributed by atoms with Crippen LogP contribution >= 0.6 is 0 Å². The van der Waals surface area contributed by atoms with E-state index in [4.69, 9.17) is 4.74 Å². The molecule has 0 aromatic carbocycles. The number of amides is 1. The zero-order valence-corrected chi connectivity index (χ0v) is 17.0. The summed E-state index contributed by atoms with van der Waals surface area (Å²) in [6.45, 7) is 1.96. The molecule has 2 N–H and O–H groups in total. The van der Waals surface area contributed by atoms with E-state index >= 15 is 0 Å². The maximum absolute atomic E-state index is 12.3. The van der Waals surface area contributed by atoms with Crippen molar-refractivity contribution >= 4 is 11.6 Å². The number of nitrogens with one attached hydrogen (secondary N) is 2. The number of aromatic nitrogens is 2. The molecular formula is C21H27N5O3. The van der Waals surface area contributed by atoms with Gasteiger partial charge in [0.25, 0.3) is 5.56 Å². The largest absolute Gasteiger partial charge is 0.481 e. The molecule has 1 fully saturated rings. The lowest BCUT2D eigenvalue weighted by molar-refractivity contribution is -0.125. The van der Waals surface area contributed by atoms with Gasteiger partial charge in [-0.1, -0.05) is 6.08 Å². The summed E-state index contributed by atoms with van der Waals surface area (Å²) in [5, 5.41) is 3.29. The first-order valence-electron chi connectivity index (χ1n) is 9.56. The number of H-pyrrole nitrogens is 1. The van der Waals surface area contributed by atoms with Crippen LogP contribution < -0.4 is 15.6 Å². The Morgan fingerprint density at radius 1 is 1.41 bits per heavy atom. The van der Waals surface area contributed by atoms with Gasteiger partial charge >= 0.3 is 0 Å². The highest BCUT2D eigenvalue weighted by Gasteiger charge is 2.25. The molecule has 8 nitrogen and oxygen atoms in total. The first kappa shape index (κ1) is 20.6. The molecular weight excluding hydrogens is 370 g/mol. The molecule has 0 radical (unpaired) electrons. The van der Waals surface area contributed by atoms with E-state index in [2.05, 4.69) is 15.3 Å². The Kier molecular flexibility index (Phi) is 6.66. The van der Waals surface area contributed by atoms with Crippen LogP contribution in [0.4, 0.5) is 5.69 Å². The van der Waals surface area contributed by atoms with Crippen LogP contribution in [0.25, 0.3) is 11.1 Å². The summed E-state index contributed by atoms with van der Waals surface area (Å²) in [5.41, 5.74) is 2.04. The third kappa shape index (κ3) is 5.45. The Hall–Kier alpha value is -3.13. The smallest absolute Gasteiger partial charge is 0.271 e. The topological polar surface area (TPSA) is 90.6 Å². The number of methoxy groups -OCH3 is 1. The first-order valence-corrected chi connectivity index (χ1v) is 9.56. The molecule has 0 saturated carbocycles. The third-order valence-electron chi connectivity index (χ3n) is 4.77. The highest BCUT2D eigenvalue weighted by molar-refractivity contribution is 5.87. The van der Waals surface area contributed by atoms with Crippen molar-refractivity contribution in [3.05, 3.63) is 53.1 Å². The summed E-state index contributed by atoms with van der Waals surface area (Å²) in [6, 6.07) is 5.52. The predicted molar refractivity (Wildman–Crippen MR) is 113 cm³/mol. The zero-order valence-electron chi connectivity index (χ0n) is 17.0. The number of aromatic amines is 1. The van der Waals surface area contributed by atoms with Crippen molar-refractivity contribution < 1.29 is 9.53 Å². The minimum atomic E-state index is -0.189. The van der Waals surface area contributed by atoms with Crippen LogP contribution in [-0.2, 0) is 4.79 Å². The van der Waals surface area contributed by atoms with Gasteiger partial charge in [0.1, 0.15) is 5.69 Å². The van der Waals surface area contributed by atoms with Crippen molar-refractivity contribution in [2.75, 3.05) is 46.2 Å². The molecule has 1 atom stereocenters. The SMILES string of the molecule is COc1cc(-c2c[nH]c(=O)c(N[C@H]3CCN(C(=O)/C=C/CN(C)C)C3)c2)ccn1. The van der Waals surface area contributed by atoms with E-state index in [-0.39, 0.29) is 17.5 Å². The minimum Gasteiger partial charge on any atom is -0.481 e. The Balaban J connectivity index is 1.67. The molecule has 0 aliphatic carbocycles. The average Bonchev–Trinajstić information content (AvgIpc) is 3.18. The summed E-state index contributed by atoms with van der Waals surface area (Å²) in [6.07, 6.45) is 7.60. The number of anilines is 1. The van der Waals surface area contributed by atoms with Crippen LogP contribution in [0.3, 0.4) is 0 Å². The van der Waals surface area contributed by atoms with Gasteiger partial charge in [-0.25, -0.2) is 4.98 Å². The second-order valence-electron chi connectivity index (χ2n) is 7.30. The molecule has 1 saturated heterocycles. The number of hydrogen-bond donors (Lipinski definition) is 2. The minimum absolute atomic E-state index is 0.00249. The summed E-state index contributed by atoms with van der Waals surface area (Å²) < 4.78 is 5.17. The summed E-state index contributed by atoms with van der Waals surface area (Å²) in [7, 11) is 5.48. The van der Waals surface area contributed by atoms with Gasteiger partial charge in [0.15, 0.2) is 0 Å². The van der Waals surface area contributed by atoms with Crippen LogP contribution in [0.2, 0.25) is 0 Å². The fraction of sp³-hybridized carbons (Fsp3) is 0.381. The van der Waals surface area contributed by atoms with Crippen LogP contribution in [0, 0.1) is 0 Å². The molecule has 29 heavy (non-hydrogen) atoms. The maximum Gasteiger partial charge on any atom is 0.271 e. The molecule has 3 rings (SSSR count). The molecule has 1 aliphatic heterocycles. The molecule has 154 valence electrons. The number of carbonyl (C=O) groups is 1. The van der Waals surface area contributed by atoms with Crippen LogP contribution in [0.5, 0.6) is 5.88 Å². The Labute approximate surface area is 170 Å². The van der Waals surface area contributed by atoms with Gasteiger partial charge in [-0.2, -0.15) is 0 Å². The lowest BCUT2D eigenvalue weighted by Gasteiger charge is -2.16. The van der Waals surface area contributed by atoms with Gasteiger partial charge in [0.05, 0.1) is 7.11 Å². The second-order valence-corrected chi connectivity index (χ2v) is 7.30. The summed E-state index contributed by atoms with van der Waals surface area (Å²) in [4.78, 5) is 35.3. The highest BCUT2D eigenvalue weighted by Crippen LogP contribution is 2.23. The molecule has 0 unspecified atom stereocenters. The molecule has 2 aromatic heterocycles. The number of nitrogens with zero attached hydrogens (tertiary/aromatic N) is 3. The first-order chi connectivity index (χ1) is 14.0. The monoisotopic (exact) mass is 397 g/mol. The van der Waals surface area contributed by atoms with E-state index in [1.807, 2.05) is 43.3 Å². The van der Waals surface area contributed by atoms with Crippen molar-refractivity contribution in [2.45, 2.75) is 12.5 Å². The van der Waals surface area contributed by atoms with Gasteiger partial charge in [0.2, 0.25) is 11.8 Å². The van der Waals surface area contributed by atoms with E-state index in [0.29, 0.717) is 24.7 Å². The number of hydrogen-bond acceptors (Lipinski definition) is 6. The quantitative estimate of drug-likeness (QED) is 0.690. The van der Waals surface area contributed by atoms with E-state index in [1.54, 1.807) is 30.5 Å². The van der Waals surface area contributed by atoms with Crippen molar-refractivity contribution in [1.29, 1.82) is 0 Å². The molecule has 2 aromatic rings. The molecule has 3 heterocycles. The third-order valence-corrected chi connectivity index (χ3v) is 4.77. The number of ether oxygens (including phenoxy) is 1.